The van der Waals surface area contributed by atoms with E-state index in [1.165, 1.54) is 4.88 Å². The summed E-state index contributed by atoms with van der Waals surface area (Å²) in [6.45, 7) is 6.65. The van der Waals surface area contributed by atoms with Crippen molar-refractivity contribution >= 4 is 11.3 Å². The van der Waals surface area contributed by atoms with Gasteiger partial charge in [-0.05, 0) is 30.7 Å². The zero-order valence-corrected chi connectivity index (χ0v) is 10.6. The standard InChI is InChI=1S/C12H21NOS/c1-9(2)12(8-14)13-10(3)7-11-5-4-6-15-11/h4-6,9-10,12-14H,7-8H2,1-3H3/t10?,12-/m1/s1. The topological polar surface area (TPSA) is 32.3 Å². The number of thiophene rings is 1. The Kier molecular flexibility index (Phi) is 5.29. The number of aliphatic hydroxyl groups is 1. The third-order valence-electron chi connectivity index (χ3n) is 2.59. The maximum atomic E-state index is 9.21. The molecule has 0 aliphatic rings. The Balaban J connectivity index is 2.37. The summed E-state index contributed by atoms with van der Waals surface area (Å²) in [5.41, 5.74) is 0. The molecule has 0 radical (unpaired) electrons. The van der Waals surface area contributed by atoms with Gasteiger partial charge in [-0.3, -0.25) is 0 Å². The Morgan fingerprint density at radius 1 is 1.40 bits per heavy atom. The molecular weight excluding hydrogens is 206 g/mol. The fourth-order valence-electron chi connectivity index (χ4n) is 1.61. The summed E-state index contributed by atoms with van der Waals surface area (Å²) in [6.07, 6.45) is 1.04. The van der Waals surface area contributed by atoms with Crippen LogP contribution in [0.4, 0.5) is 0 Å². The summed E-state index contributed by atoms with van der Waals surface area (Å²) in [4.78, 5) is 1.40. The first-order valence-electron chi connectivity index (χ1n) is 5.52. The fraction of sp³-hybridized carbons (Fsp3) is 0.667. The summed E-state index contributed by atoms with van der Waals surface area (Å²) in [6, 6.07) is 4.87. The molecule has 15 heavy (non-hydrogen) atoms. The summed E-state index contributed by atoms with van der Waals surface area (Å²) in [5, 5.41) is 14.8. The zero-order valence-electron chi connectivity index (χ0n) is 9.73. The van der Waals surface area contributed by atoms with Crippen LogP contribution in [-0.4, -0.2) is 23.8 Å². The second-order valence-corrected chi connectivity index (χ2v) is 5.42. The van der Waals surface area contributed by atoms with Crippen molar-refractivity contribution in [1.29, 1.82) is 0 Å². The monoisotopic (exact) mass is 227 g/mol. The van der Waals surface area contributed by atoms with Crippen LogP contribution in [0.5, 0.6) is 0 Å². The molecule has 0 aliphatic carbocycles. The highest BCUT2D eigenvalue weighted by Gasteiger charge is 2.14. The molecule has 2 N–H and O–H groups in total. The quantitative estimate of drug-likeness (QED) is 0.781. The Morgan fingerprint density at radius 2 is 2.13 bits per heavy atom. The molecule has 0 bridgehead atoms. The number of rotatable bonds is 6. The summed E-state index contributed by atoms with van der Waals surface area (Å²) >= 11 is 1.79. The van der Waals surface area contributed by atoms with Crippen molar-refractivity contribution in [3.8, 4) is 0 Å². The lowest BCUT2D eigenvalue weighted by atomic mass is 10.0. The number of nitrogens with one attached hydrogen (secondary N) is 1. The molecule has 2 atom stereocenters. The predicted octanol–water partition coefficient (Wildman–Crippen LogP) is 2.29. The third kappa shape index (κ3) is 4.33. The largest absolute Gasteiger partial charge is 0.395 e. The van der Waals surface area contributed by atoms with Crippen LogP contribution < -0.4 is 5.32 Å². The van der Waals surface area contributed by atoms with E-state index in [0.29, 0.717) is 12.0 Å². The molecule has 0 aromatic carbocycles. The highest BCUT2D eigenvalue weighted by Crippen LogP contribution is 2.12. The van der Waals surface area contributed by atoms with Crippen molar-refractivity contribution in [3.63, 3.8) is 0 Å². The van der Waals surface area contributed by atoms with Gasteiger partial charge in [0.2, 0.25) is 0 Å². The van der Waals surface area contributed by atoms with Gasteiger partial charge in [-0.1, -0.05) is 19.9 Å². The lowest BCUT2D eigenvalue weighted by Crippen LogP contribution is -2.43. The summed E-state index contributed by atoms with van der Waals surface area (Å²) in [5.74, 6) is 0.473. The van der Waals surface area contributed by atoms with Gasteiger partial charge in [0.15, 0.2) is 0 Å². The molecule has 1 aromatic rings. The van der Waals surface area contributed by atoms with Gasteiger partial charge in [-0.25, -0.2) is 0 Å². The molecular formula is C12H21NOS. The number of hydrogen-bond donors (Lipinski definition) is 2. The molecule has 0 spiro atoms. The van der Waals surface area contributed by atoms with Crippen LogP contribution in [0.25, 0.3) is 0 Å². The van der Waals surface area contributed by atoms with Crippen LogP contribution in [0.1, 0.15) is 25.6 Å². The highest BCUT2D eigenvalue weighted by atomic mass is 32.1. The van der Waals surface area contributed by atoms with Crippen molar-refractivity contribution in [3.05, 3.63) is 22.4 Å². The minimum absolute atomic E-state index is 0.208. The van der Waals surface area contributed by atoms with Gasteiger partial charge >= 0.3 is 0 Å². The molecule has 0 aliphatic heterocycles. The van der Waals surface area contributed by atoms with E-state index in [1.54, 1.807) is 11.3 Å². The van der Waals surface area contributed by atoms with Gasteiger partial charge in [0.25, 0.3) is 0 Å². The lowest BCUT2D eigenvalue weighted by Gasteiger charge is -2.24. The van der Waals surface area contributed by atoms with E-state index in [2.05, 4.69) is 43.6 Å². The van der Waals surface area contributed by atoms with Gasteiger partial charge in [0.05, 0.1) is 6.61 Å². The number of hydrogen-bond acceptors (Lipinski definition) is 3. The smallest absolute Gasteiger partial charge is 0.0587 e. The second-order valence-electron chi connectivity index (χ2n) is 4.38. The molecule has 1 rings (SSSR count). The molecule has 3 heteroatoms. The molecule has 2 nitrogen and oxygen atoms in total. The normalized spacial score (nSPS) is 15.5. The third-order valence-corrected chi connectivity index (χ3v) is 3.49. The highest BCUT2D eigenvalue weighted by molar-refractivity contribution is 7.09. The molecule has 0 saturated heterocycles. The maximum Gasteiger partial charge on any atom is 0.0587 e. The SMILES string of the molecule is CC(Cc1cccs1)N[C@H](CO)C(C)C. The van der Waals surface area contributed by atoms with Crippen LogP contribution in [0.15, 0.2) is 17.5 Å². The van der Waals surface area contributed by atoms with Crippen molar-refractivity contribution in [1.82, 2.24) is 5.32 Å². The van der Waals surface area contributed by atoms with E-state index >= 15 is 0 Å². The Hall–Kier alpha value is -0.380. The van der Waals surface area contributed by atoms with Crippen LogP contribution >= 0.6 is 11.3 Å². The van der Waals surface area contributed by atoms with Crippen LogP contribution in [0.2, 0.25) is 0 Å². The zero-order chi connectivity index (χ0) is 11.3. The first-order chi connectivity index (χ1) is 7.13. The van der Waals surface area contributed by atoms with E-state index in [9.17, 15) is 5.11 Å². The Bertz CT molecular complexity index is 259. The Labute approximate surface area is 96.3 Å². The average molecular weight is 227 g/mol. The summed E-state index contributed by atoms with van der Waals surface area (Å²) in [7, 11) is 0. The van der Waals surface area contributed by atoms with Crippen molar-refractivity contribution in [2.75, 3.05) is 6.61 Å². The van der Waals surface area contributed by atoms with Gasteiger partial charge in [0, 0.05) is 17.0 Å². The molecule has 0 fully saturated rings. The van der Waals surface area contributed by atoms with Crippen molar-refractivity contribution in [2.24, 2.45) is 5.92 Å². The van der Waals surface area contributed by atoms with E-state index in [0.717, 1.165) is 6.42 Å². The summed E-state index contributed by atoms with van der Waals surface area (Å²) < 4.78 is 0. The van der Waals surface area contributed by atoms with E-state index < -0.39 is 0 Å². The molecule has 86 valence electrons. The Morgan fingerprint density at radius 3 is 2.60 bits per heavy atom. The van der Waals surface area contributed by atoms with Crippen molar-refractivity contribution in [2.45, 2.75) is 39.3 Å². The fourth-order valence-corrected chi connectivity index (χ4v) is 2.45. The van der Waals surface area contributed by atoms with Gasteiger partial charge in [0.1, 0.15) is 0 Å². The van der Waals surface area contributed by atoms with Crippen LogP contribution in [0.3, 0.4) is 0 Å². The first kappa shape index (κ1) is 12.7. The lowest BCUT2D eigenvalue weighted by molar-refractivity contribution is 0.201. The van der Waals surface area contributed by atoms with Crippen molar-refractivity contribution < 1.29 is 5.11 Å². The van der Waals surface area contributed by atoms with Crippen LogP contribution in [0, 0.1) is 5.92 Å². The minimum atomic E-state index is 0.208. The minimum Gasteiger partial charge on any atom is -0.395 e. The molecule has 1 aromatic heterocycles. The number of aliphatic hydroxyl groups excluding tert-OH is 1. The second kappa shape index (κ2) is 6.26. The average Bonchev–Trinajstić information content (AvgIpc) is 2.66. The van der Waals surface area contributed by atoms with Gasteiger partial charge in [-0.2, -0.15) is 0 Å². The van der Waals surface area contributed by atoms with E-state index in [1.807, 2.05) is 0 Å². The van der Waals surface area contributed by atoms with E-state index in [-0.39, 0.29) is 12.6 Å². The first-order valence-corrected chi connectivity index (χ1v) is 6.40. The molecule has 1 unspecified atom stereocenters. The predicted molar refractivity (Wildman–Crippen MR) is 66.3 cm³/mol. The molecule has 1 heterocycles. The maximum absolute atomic E-state index is 9.21. The van der Waals surface area contributed by atoms with E-state index in [4.69, 9.17) is 0 Å². The van der Waals surface area contributed by atoms with Gasteiger partial charge in [-0.15, -0.1) is 11.3 Å². The molecule has 0 amide bonds. The van der Waals surface area contributed by atoms with Crippen LogP contribution in [-0.2, 0) is 6.42 Å². The molecule has 0 saturated carbocycles. The van der Waals surface area contributed by atoms with Gasteiger partial charge < -0.3 is 10.4 Å².